The summed E-state index contributed by atoms with van der Waals surface area (Å²) in [5.74, 6) is -4.16. The summed E-state index contributed by atoms with van der Waals surface area (Å²) in [6, 6.07) is -5.17. The summed E-state index contributed by atoms with van der Waals surface area (Å²) >= 11 is 0. The average molecular weight is 706 g/mol. The molecule has 15 heteroatoms. The molecule has 0 radical (unpaired) electrons. The molecule has 10 atom stereocenters. The number of rotatable bonds is 6. The molecule has 0 aliphatic carbocycles. The maximum absolute atomic E-state index is 14.5. The van der Waals surface area contributed by atoms with Gasteiger partial charge in [-0.3, -0.25) is 34.0 Å². The molecule has 0 aromatic rings. The number of likely N-dealkylation sites (N-methyl/N-ethyl adjacent to an activating group) is 1. The zero-order chi connectivity index (χ0) is 37.0. The van der Waals surface area contributed by atoms with E-state index < -0.39 is 83.8 Å². The van der Waals surface area contributed by atoms with Crippen LogP contribution in [-0.4, -0.2) is 130 Å². The van der Waals surface area contributed by atoms with Crippen LogP contribution in [0.3, 0.4) is 0 Å². The molecule has 0 bridgehead atoms. The molecular weight excluding hydrogens is 646 g/mol. The Morgan fingerprint density at radius 3 is 2.14 bits per heavy atom. The van der Waals surface area contributed by atoms with Crippen molar-refractivity contribution in [3.8, 4) is 0 Å². The van der Waals surface area contributed by atoms with Crippen LogP contribution in [0.25, 0.3) is 0 Å². The third-order valence-electron chi connectivity index (χ3n) is 10.9. The minimum atomic E-state index is -1.27. The highest BCUT2D eigenvalue weighted by Crippen LogP contribution is 2.29. The van der Waals surface area contributed by atoms with E-state index in [0.29, 0.717) is 38.6 Å². The topological polar surface area (TPSA) is 181 Å². The first kappa shape index (κ1) is 39.5. The van der Waals surface area contributed by atoms with Gasteiger partial charge < -0.3 is 25.0 Å². The molecule has 4 saturated heterocycles. The molecule has 0 aromatic heterocycles. The molecule has 4 aliphatic rings. The Kier molecular flexibility index (Phi) is 13.3. The lowest BCUT2D eigenvalue weighted by Gasteiger charge is -2.45. The van der Waals surface area contributed by atoms with Crippen LogP contribution in [0.4, 0.5) is 0 Å². The van der Waals surface area contributed by atoms with Gasteiger partial charge in [-0.15, -0.1) is 0 Å². The van der Waals surface area contributed by atoms with Gasteiger partial charge in [0.05, 0.1) is 6.10 Å². The minimum absolute atomic E-state index is 0.00642. The molecule has 4 aliphatic heterocycles. The molecule has 2 unspecified atom stereocenters. The van der Waals surface area contributed by atoms with Crippen molar-refractivity contribution in [3.05, 3.63) is 0 Å². The van der Waals surface area contributed by atoms with Gasteiger partial charge in [-0.25, -0.2) is 15.6 Å². The van der Waals surface area contributed by atoms with Gasteiger partial charge in [0.15, 0.2) is 6.10 Å². The van der Waals surface area contributed by atoms with Crippen molar-refractivity contribution in [1.82, 2.24) is 36.0 Å². The van der Waals surface area contributed by atoms with Gasteiger partial charge in [-0.2, -0.15) is 0 Å². The maximum atomic E-state index is 14.5. The second kappa shape index (κ2) is 16.8. The Bertz CT molecular complexity index is 1280. The van der Waals surface area contributed by atoms with Crippen LogP contribution in [0.1, 0.15) is 93.4 Å². The predicted molar refractivity (Wildman–Crippen MR) is 183 cm³/mol. The first-order valence-electron chi connectivity index (χ1n) is 18.5. The Labute approximate surface area is 296 Å². The molecule has 282 valence electrons. The number of β-amino-alcohol motifs (C(OH)–C–C–N with tert-alkyl or cyclic N) is 1. The van der Waals surface area contributed by atoms with E-state index in [9.17, 15) is 33.9 Å². The number of aliphatic hydroxyl groups is 1. The van der Waals surface area contributed by atoms with Crippen LogP contribution < -0.4 is 16.2 Å². The number of ether oxygens (including phenoxy) is 1. The van der Waals surface area contributed by atoms with Gasteiger partial charge in [-0.1, -0.05) is 54.9 Å². The Balaban J connectivity index is 1.85. The van der Waals surface area contributed by atoms with E-state index in [1.165, 1.54) is 26.9 Å². The molecule has 0 aromatic carbocycles. The third-order valence-corrected chi connectivity index (χ3v) is 10.9. The van der Waals surface area contributed by atoms with Crippen molar-refractivity contribution in [3.63, 3.8) is 0 Å². The van der Waals surface area contributed by atoms with Crippen molar-refractivity contribution >= 4 is 35.5 Å². The normalized spacial score (nSPS) is 33.6. The second-order valence-electron chi connectivity index (χ2n) is 15.3. The maximum Gasteiger partial charge on any atom is 0.329 e. The number of fused-ring (bicyclic) bond motifs is 3. The largest absolute Gasteiger partial charge is 0.450 e. The van der Waals surface area contributed by atoms with E-state index in [0.717, 1.165) is 0 Å². The molecular formula is C35H59N7O8. The highest BCUT2D eigenvalue weighted by molar-refractivity contribution is 5.97. The number of amides is 5. The SMILES string of the molecule is CCC(C)[C@@H]1OC(=O)[C@@H](C(C)CC)NC(=O)[C@@H]2C[C@@H](C)CN2C(=O)[C@@H](CC(C)C)N(C)C(=O)[C@@H]2C[C@H](O)CNN2C(=O)[C@H]2CCCNN2C1=O. The number of cyclic esters (lactones) is 1. The van der Waals surface area contributed by atoms with Gasteiger partial charge in [-0.05, 0) is 49.9 Å². The first-order chi connectivity index (χ1) is 23.6. The number of nitrogens with one attached hydrogen (secondary N) is 3. The predicted octanol–water partition coefficient (Wildman–Crippen LogP) is 0.561. The number of hydrogen-bond acceptors (Lipinski definition) is 10. The molecule has 5 amide bonds. The summed E-state index contributed by atoms with van der Waals surface area (Å²) in [6.45, 7) is 13.9. The Morgan fingerprint density at radius 1 is 0.840 bits per heavy atom. The first-order valence-corrected chi connectivity index (χ1v) is 18.5. The standard InChI is InChI=1S/C35H59N7O8/c1-9-21(6)28-35(49)50-29(22(7)10-2)34(48)41-24(12-11-13-36-41)33(47)42-27(16-23(43)17-37-42)31(45)39(8)26(14-19(3)4)32(46)40-18-20(5)15-25(40)30(44)38-28/h19-29,36-37,43H,9-18H2,1-8H3,(H,38,44)/t20-,21?,22?,23+,24-,25+,26-,27+,28-,29+/m1/s1. The van der Waals surface area contributed by atoms with E-state index in [-0.39, 0.29) is 43.7 Å². The van der Waals surface area contributed by atoms with E-state index in [2.05, 4.69) is 16.2 Å². The quantitative estimate of drug-likeness (QED) is 0.285. The monoisotopic (exact) mass is 705 g/mol. The molecule has 4 fully saturated rings. The van der Waals surface area contributed by atoms with E-state index >= 15 is 0 Å². The average Bonchev–Trinajstić information content (AvgIpc) is 3.50. The lowest BCUT2D eigenvalue weighted by Crippen LogP contribution is -2.69. The van der Waals surface area contributed by atoms with Gasteiger partial charge in [0.1, 0.15) is 30.2 Å². The zero-order valence-corrected chi connectivity index (χ0v) is 31.0. The number of hydrazine groups is 2. The van der Waals surface area contributed by atoms with Gasteiger partial charge in [0.2, 0.25) is 17.7 Å². The van der Waals surface area contributed by atoms with Gasteiger partial charge in [0.25, 0.3) is 11.8 Å². The van der Waals surface area contributed by atoms with Crippen molar-refractivity contribution < 1.29 is 38.6 Å². The summed E-state index contributed by atoms with van der Waals surface area (Å²) in [5, 5.41) is 16.0. The fourth-order valence-electron chi connectivity index (χ4n) is 7.43. The zero-order valence-electron chi connectivity index (χ0n) is 31.0. The summed E-state index contributed by atoms with van der Waals surface area (Å²) in [7, 11) is 1.52. The van der Waals surface area contributed by atoms with E-state index in [4.69, 9.17) is 4.74 Å². The number of hydrogen-bond donors (Lipinski definition) is 4. The van der Waals surface area contributed by atoms with Crippen molar-refractivity contribution in [2.45, 2.75) is 136 Å². The Morgan fingerprint density at radius 2 is 1.50 bits per heavy atom. The highest BCUT2D eigenvalue weighted by atomic mass is 16.6. The molecule has 0 saturated carbocycles. The lowest BCUT2D eigenvalue weighted by atomic mass is 9.96. The number of carbonyl (C=O) groups is 6. The summed E-state index contributed by atoms with van der Waals surface area (Å²) in [6.07, 6.45) is 0.230. The second-order valence-corrected chi connectivity index (χ2v) is 15.3. The number of carbonyl (C=O) groups excluding carboxylic acids is 6. The molecule has 4 N–H and O–H groups in total. The van der Waals surface area contributed by atoms with Crippen LogP contribution in [0.15, 0.2) is 0 Å². The number of esters is 1. The Hall–Kier alpha value is -3.30. The lowest BCUT2D eigenvalue weighted by molar-refractivity contribution is -0.175. The van der Waals surface area contributed by atoms with Gasteiger partial charge in [0, 0.05) is 39.0 Å². The third kappa shape index (κ3) is 8.42. The highest BCUT2D eigenvalue weighted by Gasteiger charge is 2.49. The molecule has 4 rings (SSSR count). The minimum Gasteiger partial charge on any atom is -0.450 e. The molecule has 4 heterocycles. The van der Waals surface area contributed by atoms with E-state index in [1.807, 2.05) is 41.5 Å². The van der Waals surface area contributed by atoms with Crippen LogP contribution in [-0.2, 0) is 33.5 Å². The van der Waals surface area contributed by atoms with Crippen LogP contribution in [0, 0.1) is 23.7 Å². The fourth-order valence-corrected chi connectivity index (χ4v) is 7.43. The van der Waals surface area contributed by atoms with Crippen LogP contribution in [0.2, 0.25) is 0 Å². The van der Waals surface area contributed by atoms with Gasteiger partial charge >= 0.3 is 5.97 Å². The summed E-state index contributed by atoms with van der Waals surface area (Å²) in [5.41, 5.74) is 5.96. The molecule has 50 heavy (non-hydrogen) atoms. The summed E-state index contributed by atoms with van der Waals surface area (Å²) < 4.78 is 6.00. The molecule has 0 spiro atoms. The van der Waals surface area contributed by atoms with Crippen molar-refractivity contribution in [1.29, 1.82) is 0 Å². The van der Waals surface area contributed by atoms with E-state index in [1.54, 1.807) is 6.92 Å². The smallest absolute Gasteiger partial charge is 0.329 e. The molecule has 15 nitrogen and oxygen atoms in total. The fraction of sp³-hybridized carbons (Fsp3) is 0.829. The number of nitrogens with zero attached hydrogens (tertiary/aromatic N) is 4. The van der Waals surface area contributed by atoms with Crippen LogP contribution >= 0.6 is 0 Å². The van der Waals surface area contributed by atoms with Crippen LogP contribution in [0.5, 0.6) is 0 Å². The number of aliphatic hydroxyl groups excluding tert-OH is 1. The van der Waals surface area contributed by atoms with Crippen molar-refractivity contribution in [2.75, 3.05) is 26.7 Å². The van der Waals surface area contributed by atoms with Crippen molar-refractivity contribution in [2.24, 2.45) is 23.7 Å². The summed E-state index contributed by atoms with van der Waals surface area (Å²) in [4.78, 5) is 88.5.